The van der Waals surface area contributed by atoms with Gasteiger partial charge in [-0.25, -0.2) is 0 Å². The normalized spacial score (nSPS) is 43.5. The van der Waals surface area contributed by atoms with Gasteiger partial charge in [-0.05, 0) is 50.1 Å². The van der Waals surface area contributed by atoms with E-state index >= 15 is 0 Å². The zero-order valence-electron chi connectivity index (χ0n) is 10.8. The lowest BCUT2D eigenvalue weighted by atomic mass is 9.82. The maximum atomic E-state index is 3.60. The van der Waals surface area contributed by atoms with E-state index in [4.69, 9.17) is 0 Å². The fourth-order valence-corrected chi connectivity index (χ4v) is 4.41. The molecule has 0 spiro atoms. The van der Waals surface area contributed by atoms with Crippen LogP contribution in [0.1, 0.15) is 46.0 Å². The van der Waals surface area contributed by atoms with Crippen LogP contribution in [0.2, 0.25) is 0 Å². The van der Waals surface area contributed by atoms with Gasteiger partial charge in [0.1, 0.15) is 0 Å². The molecule has 1 N–H and O–H groups in total. The first-order valence-electron chi connectivity index (χ1n) is 7.15. The summed E-state index contributed by atoms with van der Waals surface area (Å²) in [5, 5.41) is 3.60. The van der Waals surface area contributed by atoms with E-state index < -0.39 is 0 Å². The summed E-state index contributed by atoms with van der Waals surface area (Å²) in [5.41, 5.74) is 0.560. The van der Waals surface area contributed by atoms with Crippen LogP contribution in [0.3, 0.4) is 0 Å². The second-order valence-corrected chi connectivity index (χ2v) is 6.76. The average Bonchev–Trinajstić information content (AvgIpc) is 2.83. The third-order valence-corrected chi connectivity index (χ3v) is 5.32. The van der Waals surface area contributed by atoms with Gasteiger partial charge in [0.25, 0.3) is 0 Å². The molecule has 0 aromatic heterocycles. The van der Waals surface area contributed by atoms with Crippen molar-refractivity contribution in [1.82, 2.24) is 10.2 Å². The molecule has 1 saturated carbocycles. The third kappa shape index (κ3) is 1.70. The molecule has 2 saturated heterocycles. The van der Waals surface area contributed by atoms with Crippen molar-refractivity contribution in [3.8, 4) is 0 Å². The Balaban J connectivity index is 1.78. The van der Waals surface area contributed by atoms with Crippen LogP contribution in [0.25, 0.3) is 0 Å². The van der Waals surface area contributed by atoms with Crippen molar-refractivity contribution in [2.75, 3.05) is 19.6 Å². The number of nitrogens with one attached hydrogen (secondary N) is 1. The lowest BCUT2D eigenvalue weighted by Crippen LogP contribution is -2.53. The van der Waals surface area contributed by atoms with Gasteiger partial charge >= 0.3 is 0 Å². The fourth-order valence-electron chi connectivity index (χ4n) is 4.41. The molecule has 2 nitrogen and oxygen atoms in total. The largest absolute Gasteiger partial charge is 0.315 e. The Morgan fingerprint density at radius 1 is 1.12 bits per heavy atom. The van der Waals surface area contributed by atoms with Crippen LogP contribution in [-0.4, -0.2) is 36.6 Å². The highest BCUT2D eigenvalue weighted by Gasteiger charge is 2.44. The van der Waals surface area contributed by atoms with Gasteiger partial charge in [0.2, 0.25) is 0 Å². The number of hydrogen-bond acceptors (Lipinski definition) is 2. The Kier molecular flexibility index (Phi) is 2.75. The molecule has 0 aromatic rings. The van der Waals surface area contributed by atoms with Crippen LogP contribution in [-0.2, 0) is 0 Å². The second-order valence-electron chi connectivity index (χ2n) is 6.76. The summed E-state index contributed by atoms with van der Waals surface area (Å²) in [5.74, 6) is 0.949. The van der Waals surface area contributed by atoms with Crippen molar-refractivity contribution in [2.24, 2.45) is 11.3 Å². The van der Waals surface area contributed by atoms with Crippen LogP contribution in [0.15, 0.2) is 0 Å². The minimum absolute atomic E-state index is 0.560. The first kappa shape index (κ1) is 11.0. The standard InChI is InChI=1S/C14H26N2/c1-14(2)7-3-6-13(14)16-8-4-5-11-9-15-10-12(11)16/h11-13,15H,3-10H2,1-2H3. The topological polar surface area (TPSA) is 15.3 Å². The van der Waals surface area contributed by atoms with Gasteiger partial charge < -0.3 is 5.32 Å². The van der Waals surface area contributed by atoms with Crippen molar-refractivity contribution in [3.63, 3.8) is 0 Å². The van der Waals surface area contributed by atoms with Gasteiger partial charge in [-0.15, -0.1) is 0 Å². The Bertz CT molecular complexity index is 261. The van der Waals surface area contributed by atoms with E-state index in [1.165, 1.54) is 51.7 Å². The van der Waals surface area contributed by atoms with Crippen LogP contribution in [0.5, 0.6) is 0 Å². The molecule has 3 rings (SSSR count). The second kappa shape index (κ2) is 3.99. The summed E-state index contributed by atoms with van der Waals surface area (Å²) >= 11 is 0. The maximum absolute atomic E-state index is 3.60. The molecule has 92 valence electrons. The SMILES string of the molecule is CC1(C)CCCC1N1CCCC2CNCC21. The molecule has 2 heterocycles. The Morgan fingerprint density at radius 3 is 2.75 bits per heavy atom. The summed E-state index contributed by atoms with van der Waals surface area (Å²) in [6, 6.07) is 1.72. The highest BCUT2D eigenvalue weighted by molar-refractivity contribution is 5.00. The van der Waals surface area contributed by atoms with Gasteiger partial charge in [0.15, 0.2) is 0 Å². The van der Waals surface area contributed by atoms with E-state index in [0.29, 0.717) is 5.41 Å². The van der Waals surface area contributed by atoms with Crippen LogP contribution in [0.4, 0.5) is 0 Å². The molecule has 0 amide bonds. The maximum Gasteiger partial charge on any atom is 0.0264 e. The smallest absolute Gasteiger partial charge is 0.0264 e. The zero-order chi connectivity index (χ0) is 11.2. The molecule has 1 aliphatic carbocycles. The Morgan fingerprint density at radius 2 is 2.00 bits per heavy atom. The Hall–Kier alpha value is -0.0800. The molecular formula is C14H26N2. The van der Waals surface area contributed by atoms with E-state index in [9.17, 15) is 0 Å². The number of fused-ring (bicyclic) bond motifs is 1. The monoisotopic (exact) mass is 222 g/mol. The third-order valence-electron chi connectivity index (χ3n) is 5.32. The Labute approximate surface area is 99.8 Å². The number of likely N-dealkylation sites (tertiary alicyclic amines) is 1. The first-order valence-corrected chi connectivity index (χ1v) is 7.15. The van der Waals surface area contributed by atoms with E-state index in [-0.39, 0.29) is 0 Å². The van der Waals surface area contributed by atoms with Crippen molar-refractivity contribution < 1.29 is 0 Å². The molecule has 3 fully saturated rings. The lowest BCUT2D eigenvalue weighted by Gasteiger charge is -2.45. The highest BCUT2D eigenvalue weighted by atomic mass is 15.2. The van der Waals surface area contributed by atoms with E-state index in [0.717, 1.165) is 18.0 Å². The van der Waals surface area contributed by atoms with Crippen LogP contribution >= 0.6 is 0 Å². The quantitative estimate of drug-likeness (QED) is 0.732. The van der Waals surface area contributed by atoms with Crippen LogP contribution in [0, 0.1) is 11.3 Å². The molecule has 3 atom stereocenters. The van der Waals surface area contributed by atoms with Crippen molar-refractivity contribution in [1.29, 1.82) is 0 Å². The van der Waals surface area contributed by atoms with Gasteiger partial charge in [0.05, 0.1) is 0 Å². The summed E-state index contributed by atoms with van der Waals surface area (Å²) in [4.78, 5) is 2.88. The van der Waals surface area contributed by atoms with E-state index in [1.807, 2.05) is 0 Å². The summed E-state index contributed by atoms with van der Waals surface area (Å²) in [6.07, 6.45) is 7.20. The zero-order valence-corrected chi connectivity index (χ0v) is 10.8. The molecule has 16 heavy (non-hydrogen) atoms. The van der Waals surface area contributed by atoms with E-state index in [2.05, 4.69) is 24.1 Å². The predicted octanol–water partition coefficient (Wildman–Crippen LogP) is 2.25. The summed E-state index contributed by atoms with van der Waals surface area (Å²) < 4.78 is 0. The lowest BCUT2D eigenvalue weighted by molar-refractivity contribution is 0.0323. The van der Waals surface area contributed by atoms with Gasteiger partial charge in [-0.3, -0.25) is 4.90 Å². The summed E-state index contributed by atoms with van der Waals surface area (Å²) in [7, 11) is 0. The fraction of sp³-hybridized carbons (Fsp3) is 1.00. The first-order chi connectivity index (χ1) is 7.68. The number of piperidine rings is 1. The molecule has 2 aliphatic heterocycles. The summed E-state index contributed by atoms with van der Waals surface area (Å²) in [6.45, 7) is 8.84. The van der Waals surface area contributed by atoms with E-state index in [1.54, 1.807) is 0 Å². The van der Waals surface area contributed by atoms with Crippen LogP contribution < -0.4 is 5.32 Å². The van der Waals surface area contributed by atoms with Gasteiger partial charge in [-0.1, -0.05) is 20.3 Å². The number of rotatable bonds is 1. The number of nitrogens with zero attached hydrogens (tertiary/aromatic N) is 1. The average molecular weight is 222 g/mol. The van der Waals surface area contributed by atoms with Gasteiger partial charge in [0, 0.05) is 18.6 Å². The molecule has 0 bridgehead atoms. The minimum Gasteiger partial charge on any atom is -0.315 e. The molecule has 2 heteroatoms. The van der Waals surface area contributed by atoms with Crippen molar-refractivity contribution >= 4 is 0 Å². The molecule has 0 radical (unpaired) electrons. The molecule has 0 aromatic carbocycles. The number of hydrogen-bond donors (Lipinski definition) is 1. The van der Waals surface area contributed by atoms with Crippen molar-refractivity contribution in [2.45, 2.75) is 58.0 Å². The minimum atomic E-state index is 0.560. The molecule has 3 aliphatic rings. The predicted molar refractivity (Wildman–Crippen MR) is 67.5 cm³/mol. The molecule has 3 unspecified atom stereocenters. The molecular weight excluding hydrogens is 196 g/mol. The highest BCUT2D eigenvalue weighted by Crippen LogP contribution is 2.43. The van der Waals surface area contributed by atoms with Gasteiger partial charge in [-0.2, -0.15) is 0 Å². The van der Waals surface area contributed by atoms with Crippen molar-refractivity contribution in [3.05, 3.63) is 0 Å².